The van der Waals surface area contributed by atoms with E-state index in [4.69, 9.17) is 4.98 Å². The van der Waals surface area contributed by atoms with Crippen molar-refractivity contribution in [2.45, 2.75) is 38.5 Å². The molecule has 3 aromatic rings. The molecule has 0 saturated carbocycles. The van der Waals surface area contributed by atoms with E-state index in [-0.39, 0.29) is 11.3 Å². The number of hydrogen-bond donors (Lipinski definition) is 0. The summed E-state index contributed by atoms with van der Waals surface area (Å²) in [6.07, 6.45) is 6.95. The first-order valence-electron chi connectivity index (χ1n) is 12.4. The van der Waals surface area contributed by atoms with Crippen molar-refractivity contribution in [3.05, 3.63) is 58.6 Å². The molecular formula is C27H29N7OS. The molecule has 3 aromatic heterocycles. The summed E-state index contributed by atoms with van der Waals surface area (Å²) in [7, 11) is 2.00. The van der Waals surface area contributed by atoms with Crippen LogP contribution < -0.4 is 4.90 Å². The number of carbonyl (C=O) groups is 1. The summed E-state index contributed by atoms with van der Waals surface area (Å²) in [5.41, 5.74) is 8.09. The zero-order valence-corrected chi connectivity index (χ0v) is 21.5. The number of amides is 1. The minimum absolute atomic E-state index is 0.00661. The zero-order valence-electron chi connectivity index (χ0n) is 20.7. The van der Waals surface area contributed by atoms with E-state index < -0.39 is 0 Å². The van der Waals surface area contributed by atoms with Crippen molar-refractivity contribution in [1.82, 2.24) is 24.6 Å². The molecule has 8 nitrogen and oxygen atoms in total. The van der Waals surface area contributed by atoms with Gasteiger partial charge in [0.15, 0.2) is 0 Å². The summed E-state index contributed by atoms with van der Waals surface area (Å²) < 4.78 is 1.96. The maximum Gasteiger partial charge on any atom is 0.245 e. The van der Waals surface area contributed by atoms with Gasteiger partial charge in [-0.2, -0.15) is 10.4 Å². The number of hydrogen-bond acceptors (Lipinski definition) is 7. The molecule has 5 heterocycles. The van der Waals surface area contributed by atoms with E-state index in [1.54, 1.807) is 11.3 Å². The second-order valence-corrected chi connectivity index (χ2v) is 11.2. The third kappa shape index (κ3) is 3.54. The molecule has 1 aliphatic carbocycles. The second-order valence-electron chi connectivity index (χ2n) is 10.4. The van der Waals surface area contributed by atoms with E-state index >= 15 is 0 Å². The van der Waals surface area contributed by atoms with Crippen LogP contribution in [0.3, 0.4) is 0 Å². The third-order valence-electron chi connectivity index (χ3n) is 8.19. The van der Waals surface area contributed by atoms with Gasteiger partial charge in [0.25, 0.3) is 0 Å². The molecule has 0 radical (unpaired) electrons. The van der Waals surface area contributed by atoms with Crippen molar-refractivity contribution >= 4 is 23.1 Å². The van der Waals surface area contributed by atoms with Gasteiger partial charge < -0.3 is 9.80 Å². The Morgan fingerprint density at radius 3 is 2.86 bits per heavy atom. The summed E-state index contributed by atoms with van der Waals surface area (Å²) in [5, 5.41) is 14.8. The predicted molar refractivity (Wildman–Crippen MR) is 139 cm³/mol. The molecule has 6 rings (SSSR count). The number of nitrogens with zero attached hydrogens (tertiary/aromatic N) is 7. The summed E-state index contributed by atoms with van der Waals surface area (Å²) in [6.45, 7) is 8.76. The van der Waals surface area contributed by atoms with Gasteiger partial charge in [0.1, 0.15) is 17.5 Å². The minimum atomic E-state index is -0.00661. The molecule has 1 amide bonds. The molecule has 2 aliphatic heterocycles. The minimum Gasteiger partial charge on any atom is -0.355 e. The monoisotopic (exact) mass is 499 g/mol. The molecule has 36 heavy (non-hydrogen) atoms. The lowest BCUT2D eigenvalue weighted by atomic mass is 9.79. The van der Waals surface area contributed by atoms with Gasteiger partial charge in [0.05, 0.1) is 16.1 Å². The smallest absolute Gasteiger partial charge is 0.245 e. The van der Waals surface area contributed by atoms with Gasteiger partial charge in [-0.15, -0.1) is 11.3 Å². The summed E-state index contributed by atoms with van der Waals surface area (Å²) in [6, 6.07) is 4.64. The number of thiazole rings is 1. The molecule has 1 spiro atoms. The third-order valence-corrected chi connectivity index (χ3v) is 9.13. The van der Waals surface area contributed by atoms with Crippen molar-refractivity contribution < 1.29 is 4.79 Å². The molecule has 0 unspecified atom stereocenters. The molecule has 2 fully saturated rings. The van der Waals surface area contributed by atoms with Crippen LogP contribution in [0.25, 0.3) is 10.4 Å². The van der Waals surface area contributed by atoms with Crippen molar-refractivity contribution in [2.75, 3.05) is 31.1 Å². The van der Waals surface area contributed by atoms with Gasteiger partial charge in [-0.25, -0.2) is 9.97 Å². The molecule has 0 bridgehead atoms. The summed E-state index contributed by atoms with van der Waals surface area (Å²) in [5.74, 6) is 1.13. The number of anilines is 1. The fourth-order valence-corrected chi connectivity index (χ4v) is 7.22. The van der Waals surface area contributed by atoms with Crippen LogP contribution in [0.1, 0.15) is 47.0 Å². The average molecular weight is 500 g/mol. The van der Waals surface area contributed by atoms with E-state index in [2.05, 4.69) is 33.7 Å². The van der Waals surface area contributed by atoms with Crippen LogP contribution in [-0.2, 0) is 24.7 Å². The number of aromatic nitrogens is 4. The van der Waals surface area contributed by atoms with E-state index in [1.165, 1.54) is 17.3 Å². The lowest BCUT2D eigenvalue weighted by molar-refractivity contribution is -0.136. The van der Waals surface area contributed by atoms with Gasteiger partial charge in [-0.1, -0.05) is 6.58 Å². The Morgan fingerprint density at radius 1 is 1.36 bits per heavy atom. The number of nitriles is 1. The first-order valence-corrected chi connectivity index (χ1v) is 13.3. The standard InChI is InChI=1S/C27H29N7OS/c1-4-23(35)34-14-27(15-34)8-10-33(13-27)26-20(12-28)24(25-17(2)29-16-36-25)19-6-5-18(11-21(19)31-26)22-7-9-30-32(22)3/h4,7,9,16,18H,1,5-6,8,10-11,13-15H2,2-3H3/t18-/m0/s1. The Morgan fingerprint density at radius 2 is 2.19 bits per heavy atom. The largest absolute Gasteiger partial charge is 0.355 e. The highest BCUT2D eigenvalue weighted by Gasteiger charge is 2.49. The highest BCUT2D eigenvalue weighted by Crippen LogP contribution is 2.46. The quantitative estimate of drug-likeness (QED) is 0.510. The number of pyridine rings is 1. The highest BCUT2D eigenvalue weighted by atomic mass is 32.1. The fourth-order valence-electron chi connectivity index (χ4n) is 6.34. The number of fused-ring (bicyclic) bond motifs is 1. The fraction of sp³-hybridized carbons (Fsp3) is 0.444. The molecule has 0 aromatic carbocycles. The van der Waals surface area contributed by atoms with Crippen molar-refractivity contribution in [2.24, 2.45) is 12.5 Å². The van der Waals surface area contributed by atoms with Crippen LogP contribution in [0.5, 0.6) is 0 Å². The van der Waals surface area contributed by atoms with Crippen molar-refractivity contribution in [3.8, 4) is 16.5 Å². The first-order chi connectivity index (χ1) is 17.4. The van der Waals surface area contributed by atoms with Crippen LogP contribution in [0.4, 0.5) is 5.82 Å². The van der Waals surface area contributed by atoms with Gasteiger partial charge >= 0.3 is 0 Å². The SMILES string of the molecule is C=CC(=O)N1CC2(CCN(c3nc4c(c(-c5scnc5C)c3C#N)CC[C@H](c3ccnn3C)C4)C2)C1. The number of carbonyl (C=O) groups excluding carboxylic acids is 1. The van der Waals surface area contributed by atoms with E-state index in [9.17, 15) is 10.1 Å². The second kappa shape index (κ2) is 8.56. The van der Waals surface area contributed by atoms with Crippen LogP contribution in [0.2, 0.25) is 0 Å². The highest BCUT2D eigenvalue weighted by molar-refractivity contribution is 7.13. The van der Waals surface area contributed by atoms with Crippen molar-refractivity contribution in [3.63, 3.8) is 0 Å². The van der Waals surface area contributed by atoms with E-state index in [0.717, 1.165) is 79.5 Å². The number of aryl methyl sites for hydroxylation is 2. The van der Waals surface area contributed by atoms with Crippen LogP contribution >= 0.6 is 11.3 Å². The van der Waals surface area contributed by atoms with Crippen LogP contribution in [0, 0.1) is 23.7 Å². The molecular weight excluding hydrogens is 470 g/mol. The van der Waals surface area contributed by atoms with Gasteiger partial charge in [0, 0.05) is 67.7 Å². The average Bonchev–Trinajstić information content (AvgIpc) is 3.60. The normalized spacial score (nSPS) is 20.2. The molecule has 3 aliphatic rings. The van der Waals surface area contributed by atoms with E-state index in [1.807, 2.05) is 35.3 Å². The molecule has 0 N–H and O–H groups in total. The van der Waals surface area contributed by atoms with Crippen LogP contribution in [-0.4, -0.2) is 56.7 Å². The van der Waals surface area contributed by atoms with Crippen molar-refractivity contribution in [1.29, 1.82) is 5.26 Å². The summed E-state index contributed by atoms with van der Waals surface area (Å²) >= 11 is 1.60. The first kappa shape index (κ1) is 22.9. The Hall–Kier alpha value is -3.51. The topological polar surface area (TPSA) is 90.9 Å². The number of rotatable bonds is 4. The maximum atomic E-state index is 12.0. The van der Waals surface area contributed by atoms with Gasteiger partial charge in [-0.05, 0) is 50.3 Å². The lowest BCUT2D eigenvalue weighted by Gasteiger charge is -2.47. The number of likely N-dealkylation sites (tertiary alicyclic amines) is 1. The Bertz CT molecular complexity index is 1410. The van der Waals surface area contributed by atoms with Crippen LogP contribution in [0.15, 0.2) is 30.4 Å². The molecule has 1 atom stereocenters. The molecule has 184 valence electrons. The lowest BCUT2D eigenvalue weighted by Crippen LogP contribution is -2.59. The molecule has 9 heteroatoms. The maximum absolute atomic E-state index is 12.0. The Balaban J connectivity index is 1.41. The summed E-state index contributed by atoms with van der Waals surface area (Å²) in [4.78, 5) is 27.0. The Kier molecular flexibility index (Phi) is 5.45. The predicted octanol–water partition coefficient (Wildman–Crippen LogP) is 3.62. The van der Waals surface area contributed by atoms with Gasteiger partial charge in [-0.3, -0.25) is 9.48 Å². The Labute approximate surface area is 214 Å². The zero-order chi connectivity index (χ0) is 25.0. The molecule has 2 saturated heterocycles. The van der Waals surface area contributed by atoms with E-state index in [0.29, 0.717) is 11.5 Å². The van der Waals surface area contributed by atoms with Gasteiger partial charge in [0.2, 0.25) is 5.91 Å².